The molecule has 5 nitrogen and oxygen atoms in total. The van der Waals surface area contributed by atoms with Crippen molar-refractivity contribution in [3.05, 3.63) is 24.0 Å². The Kier molecular flexibility index (Phi) is 5.99. The lowest BCUT2D eigenvalue weighted by Crippen LogP contribution is -2.35. The van der Waals surface area contributed by atoms with Crippen LogP contribution in [0.4, 0.5) is 5.69 Å². The monoisotopic (exact) mass is 291 g/mol. The van der Waals surface area contributed by atoms with Crippen molar-refractivity contribution in [3.63, 3.8) is 0 Å². The number of carbonyl (C=O) groups excluding carboxylic acids is 1. The largest absolute Gasteiger partial charge is 0.381 e. The molecule has 5 heteroatoms. The van der Waals surface area contributed by atoms with Crippen LogP contribution < -0.4 is 4.90 Å². The normalized spacial score (nSPS) is 15.9. The smallest absolute Gasteiger partial charge is 0.224 e. The van der Waals surface area contributed by atoms with Gasteiger partial charge in [-0.3, -0.25) is 9.78 Å². The summed E-state index contributed by atoms with van der Waals surface area (Å²) in [5.41, 5.74) is 2.42. The van der Waals surface area contributed by atoms with Gasteiger partial charge in [0.15, 0.2) is 0 Å². The maximum Gasteiger partial charge on any atom is 0.224 e. The van der Waals surface area contributed by atoms with E-state index in [1.807, 2.05) is 24.2 Å². The number of aromatic nitrogens is 1. The van der Waals surface area contributed by atoms with E-state index in [-0.39, 0.29) is 5.91 Å². The Bertz CT molecular complexity index is 465. The highest BCUT2D eigenvalue weighted by Gasteiger charge is 2.19. The summed E-state index contributed by atoms with van der Waals surface area (Å²) in [5, 5.41) is 0. The van der Waals surface area contributed by atoms with Crippen LogP contribution in [-0.4, -0.2) is 55.2 Å². The van der Waals surface area contributed by atoms with E-state index in [1.165, 1.54) is 11.3 Å². The zero-order valence-corrected chi connectivity index (χ0v) is 13.0. The van der Waals surface area contributed by atoms with Crippen molar-refractivity contribution in [1.82, 2.24) is 9.88 Å². The van der Waals surface area contributed by atoms with Gasteiger partial charge in [0.1, 0.15) is 0 Å². The number of amides is 1. The summed E-state index contributed by atoms with van der Waals surface area (Å²) in [6.07, 6.45) is 5.22. The quantitative estimate of drug-likeness (QED) is 0.777. The van der Waals surface area contributed by atoms with Gasteiger partial charge < -0.3 is 14.5 Å². The van der Waals surface area contributed by atoms with Gasteiger partial charge in [-0.1, -0.05) is 0 Å². The summed E-state index contributed by atoms with van der Waals surface area (Å²) in [6.45, 7) is 8.72. The van der Waals surface area contributed by atoms with Crippen LogP contribution in [0.3, 0.4) is 0 Å². The third-order valence-corrected chi connectivity index (χ3v) is 3.84. The SMILES string of the molecule is CCOCCC(=O)N1CCCN(c2ccncc2C)CC1. The lowest BCUT2D eigenvalue weighted by Gasteiger charge is -2.25. The highest BCUT2D eigenvalue weighted by atomic mass is 16.5. The third kappa shape index (κ3) is 4.43. The summed E-state index contributed by atoms with van der Waals surface area (Å²) < 4.78 is 5.27. The Morgan fingerprint density at radius 3 is 2.95 bits per heavy atom. The first-order valence-electron chi connectivity index (χ1n) is 7.73. The average Bonchev–Trinajstić information content (AvgIpc) is 2.74. The summed E-state index contributed by atoms with van der Waals surface area (Å²) in [7, 11) is 0. The Balaban J connectivity index is 1.90. The number of carbonyl (C=O) groups is 1. The molecule has 0 atom stereocenters. The van der Waals surface area contributed by atoms with Crippen molar-refractivity contribution in [2.24, 2.45) is 0 Å². The van der Waals surface area contributed by atoms with E-state index in [9.17, 15) is 4.79 Å². The zero-order valence-electron chi connectivity index (χ0n) is 13.0. The molecule has 0 bridgehead atoms. The molecule has 21 heavy (non-hydrogen) atoms. The van der Waals surface area contributed by atoms with Crippen molar-refractivity contribution >= 4 is 11.6 Å². The molecule has 1 aliphatic rings. The van der Waals surface area contributed by atoms with Gasteiger partial charge in [-0.15, -0.1) is 0 Å². The second-order valence-corrected chi connectivity index (χ2v) is 5.33. The fraction of sp³-hybridized carbons (Fsp3) is 0.625. The molecular formula is C16H25N3O2. The molecule has 2 heterocycles. The molecule has 1 saturated heterocycles. The van der Waals surface area contributed by atoms with E-state index < -0.39 is 0 Å². The standard InChI is InChI=1S/C16H25N3O2/c1-3-21-12-6-16(20)19-9-4-8-18(10-11-19)15-5-7-17-13-14(15)2/h5,7,13H,3-4,6,8-12H2,1-2H3. The number of ether oxygens (including phenoxy) is 1. The summed E-state index contributed by atoms with van der Waals surface area (Å²) in [5.74, 6) is 0.205. The first kappa shape index (κ1) is 15.8. The van der Waals surface area contributed by atoms with Gasteiger partial charge in [-0.2, -0.15) is 0 Å². The Hall–Kier alpha value is -1.62. The number of nitrogens with zero attached hydrogens (tertiary/aromatic N) is 3. The fourth-order valence-corrected chi connectivity index (χ4v) is 2.69. The second kappa shape index (κ2) is 7.98. The minimum Gasteiger partial charge on any atom is -0.381 e. The van der Waals surface area contributed by atoms with Gasteiger partial charge in [-0.25, -0.2) is 0 Å². The Labute approximate surface area is 126 Å². The molecule has 2 rings (SSSR count). The van der Waals surface area contributed by atoms with Gasteiger partial charge >= 0.3 is 0 Å². The van der Waals surface area contributed by atoms with Crippen LogP contribution >= 0.6 is 0 Å². The van der Waals surface area contributed by atoms with Crippen molar-refractivity contribution in [1.29, 1.82) is 0 Å². The van der Waals surface area contributed by atoms with E-state index in [0.29, 0.717) is 19.6 Å². The lowest BCUT2D eigenvalue weighted by atomic mass is 10.2. The van der Waals surface area contributed by atoms with Crippen LogP contribution in [0.1, 0.15) is 25.3 Å². The Morgan fingerprint density at radius 1 is 1.33 bits per heavy atom. The maximum atomic E-state index is 12.2. The van der Waals surface area contributed by atoms with E-state index in [0.717, 1.165) is 32.6 Å². The predicted octanol–water partition coefficient (Wildman–Crippen LogP) is 1.86. The molecule has 1 aromatic rings. The fourth-order valence-electron chi connectivity index (χ4n) is 2.69. The average molecular weight is 291 g/mol. The topological polar surface area (TPSA) is 45.7 Å². The molecule has 1 amide bonds. The predicted molar refractivity (Wildman–Crippen MR) is 83.5 cm³/mol. The summed E-state index contributed by atoms with van der Waals surface area (Å²) >= 11 is 0. The molecule has 116 valence electrons. The number of hydrogen-bond donors (Lipinski definition) is 0. The first-order valence-corrected chi connectivity index (χ1v) is 7.73. The van der Waals surface area contributed by atoms with Gasteiger partial charge in [0.25, 0.3) is 0 Å². The van der Waals surface area contributed by atoms with Crippen molar-refractivity contribution in [2.45, 2.75) is 26.7 Å². The summed E-state index contributed by atoms with van der Waals surface area (Å²) in [4.78, 5) is 20.6. The molecular weight excluding hydrogens is 266 g/mol. The molecule has 0 unspecified atom stereocenters. The number of hydrogen-bond acceptors (Lipinski definition) is 4. The van der Waals surface area contributed by atoms with Crippen LogP contribution in [0, 0.1) is 6.92 Å². The van der Waals surface area contributed by atoms with Crippen LogP contribution in [0.2, 0.25) is 0 Å². The van der Waals surface area contributed by atoms with Crippen molar-refractivity contribution in [2.75, 3.05) is 44.3 Å². The Morgan fingerprint density at radius 2 is 2.19 bits per heavy atom. The van der Waals surface area contributed by atoms with Gasteiger partial charge in [0.2, 0.25) is 5.91 Å². The molecule has 1 aromatic heterocycles. The second-order valence-electron chi connectivity index (χ2n) is 5.33. The van der Waals surface area contributed by atoms with Gasteiger partial charge in [-0.05, 0) is 31.9 Å². The van der Waals surface area contributed by atoms with Gasteiger partial charge in [0, 0.05) is 50.9 Å². The highest BCUT2D eigenvalue weighted by Crippen LogP contribution is 2.20. The maximum absolute atomic E-state index is 12.2. The summed E-state index contributed by atoms with van der Waals surface area (Å²) in [6, 6.07) is 2.06. The van der Waals surface area contributed by atoms with Crippen molar-refractivity contribution in [3.8, 4) is 0 Å². The van der Waals surface area contributed by atoms with Crippen LogP contribution in [0.15, 0.2) is 18.5 Å². The molecule has 0 spiro atoms. The molecule has 0 radical (unpaired) electrons. The number of anilines is 1. The van der Waals surface area contributed by atoms with Crippen LogP contribution in [0.25, 0.3) is 0 Å². The number of pyridine rings is 1. The van der Waals surface area contributed by atoms with E-state index in [1.54, 1.807) is 0 Å². The minimum absolute atomic E-state index is 0.205. The lowest BCUT2D eigenvalue weighted by molar-refractivity contribution is -0.132. The van der Waals surface area contributed by atoms with E-state index in [4.69, 9.17) is 4.74 Å². The van der Waals surface area contributed by atoms with E-state index in [2.05, 4.69) is 22.9 Å². The zero-order chi connectivity index (χ0) is 15.1. The molecule has 0 aromatic carbocycles. The van der Waals surface area contributed by atoms with Crippen LogP contribution in [0.5, 0.6) is 0 Å². The van der Waals surface area contributed by atoms with Crippen LogP contribution in [-0.2, 0) is 9.53 Å². The van der Waals surface area contributed by atoms with Crippen molar-refractivity contribution < 1.29 is 9.53 Å². The molecule has 0 N–H and O–H groups in total. The van der Waals surface area contributed by atoms with E-state index >= 15 is 0 Å². The number of rotatable bonds is 5. The first-order chi connectivity index (χ1) is 10.2. The van der Waals surface area contributed by atoms with Gasteiger partial charge in [0.05, 0.1) is 13.0 Å². The minimum atomic E-state index is 0.205. The molecule has 1 aliphatic heterocycles. The third-order valence-electron chi connectivity index (χ3n) is 3.84. The molecule has 1 fully saturated rings. The number of aryl methyl sites for hydroxylation is 1. The molecule has 0 saturated carbocycles. The highest BCUT2D eigenvalue weighted by molar-refractivity contribution is 5.76. The molecule has 0 aliphatic carbocycles.